The summed E-state index contributed by atoms with van der Waals surface area (Å²) in [7, 11) is 3.30. The van der Waals surface area contributed by atoms with Gasteiger partial charge in [0.2, 0.25) is 0 Å². The third kappa shape index (κ3) is 5.34. The number of benzene rings is 1. The molecule has 1 unspecified atom stereocenters. The number of ether oxygens (including phenoxy) is 2. The smallest absolute Gasteiger partial charge is 0.160 e. The Bertz CT molecular complexity index is 1040. The maximum Gasteiger partial charge on any atom is 0.160 e. The maximum atomic E-state index is 5.39. The molecule has 7 heteroatoms. The van der Waals surface area contributed by atoms with Gasteiger partial charge in [0.1, 0.15) is 11.6 Å². The molecular weight excluding hydrogens is 390 g/mol. The normalized spacial score (nSPS) is 12.0. The maximum absolute atomic E-state index is 5.39. The Hall–Kier alpha value is -3.09. The van der Waals surface area contributed by atoms with Gasteiger partial charge < -0.3 is 14.8 Å². The summed E-state index contributed by atoms with van der Waals surface area (Å²) < 4.78 is 12.8. The molecule has 0 bridgehead atoms. The van der Waals surface area contributed by atoms with Crippen molar-refractivity contribution in [3.63, 3.8) is 0 Å². The van der Waals surface area contributed by atoms with Crippen LogP contribution in [-0.2, 0) is 13.0 Å². The van der Waals surface area contributed by atoms with Gasteiger partial charge in [-0.25, -0.2) is 9.97 Å². The Balaban J connectivity index is 1.66. The predicted octanol–water partition coefficient (Wildman–Crippen LogP) is 4.38. The lowest BCUT2D eigenvalue weighted by Crippen LogP contribution is -2.13. The van der Waals surface area contributed by atoms with Gasteiger partial charge in [0, 0.05) is 30.8 Å². The van der Waals surface area contributed by atoms with Crippen molar-refractivity contribution >= 4 is 5.82 Å². The first kappa shape index (κ1) is 22.6. The molecule has 0 saturated heterocycles. The minimum Gasteiger partial charge on any atom is -0.493 e. The number of rotatable bonds is 9. The molecule has 0 radical (unpaired) electrons. The summed E-state index contributed by atoms with van der Waals surface area (Å²) in [4.78, 5) is 9.24. The Labute approximate surface area is 184 Å². The van der Waals surface area contributed by atoms with Crippen molar-refractivity contribution in [1.29, 1.82) is 0 Å². The van der Waals surface area contributed by atoms with E-state index in [1.165, 1.54) is 16.8 Å². The van der Waals surface area contributed by atoms with Gasteiger partial charge in [0.25, 0.3) is 0 Å². The number of aryl methyl sites for hydroxylation is 2. The summed E-state index contributed by atoms with van der Waals surface area (Å²) in [6.45, 7) is 12.0. The largest absolute Gasteiger partial charge is 0.493 e. The molecule has 0 aliphatic rings. The van der Waals surface area contributed by atoms with Crippen LogP contribution in [0.5, 0.6) is 11.5 Å². The number of anilines is 1. The molecule has 0 amide bonds. The molecule has 31 heavy (non-hydrogen) atoms. The summed E-state index contributed by atoms with van der Waals surface area (Å²) in [5.74, 6) is 3.32. The van der Waals surface area contributed by atoms with Gasteiger partial charge in [0.05, 0.1) is 25.6 Å². The van der Waals surface area contributed by atoms with Crippen molar-refractivity contribution in [3.05, 3.63) is 58.3 Å². The Morgan fingerprint density at radius 1 is 1.00 bits per heavy atom. The molecule has 2 heterocycles. The average Bonchev–Trinajstić information content (AvgIpc) is 2.99. The first-order valence-corrected chi connectivity index (χ1v) is 10.6. The first-order chi connectivity index (χ1) is 14.8. The van der Waals surface area contributed by atoms with E-state index in [1.807, 2.05) is 25.1 Å². The quantitative estimate of drug-likeness (QED) is 0.550. The van der Waals surface area contributed by atoms with Crippen molar-refractivity contribution in [2.24, 2.45) is 0 Å². The first-order valence-electron chi connectivity index (χ1n) is 10.6. The lowest BCUT2D eigenvalue weighted by Gasteiger charge is -2.15. The molecule has 1 atom stereocenters. The van der Waals surface area contributed by atoms with Crippen LogP contribution in [0.1, 0.15) is 46.9 Å². The van der Waals surface area contributed by atoms with Gasteiger partial charge in [-0.3, -0.25) is 4.68 Å². The van der Waals surface area contributed by atoms with E-state index in [2.05, 4.69) is 58.8 Å². The third-order valence-corrected chi connectivity index (χ3v) is 5.72. The van der Waals surface area contributed by atoms with Crippen LogP contribution in [-0.4, -0.2) is 40.5 Å². The molecule has 1 N–H and O–H groups in total. The van der Waals surface area contributed by atoms with Crippen LogP contribution >= 0.6 is 0 Å². The molecule has 0 fully saturated rings. The molecule has 7 nitrogen and oxygen atoms in total. The van der Waals surface area contributed by atoms with Gasteiger partial charge in [0.15, 0.2) is 11.5 Å². The summed E-state index contributed by atoms with van der Waals surface area (Å²) in [6.07, 6.45) is 0.847. The van der Waals surface area contributed by atoms with Crippen LogP contribution in [0.15, 0.2) is 24.3 Å². The van der Waals surface area contributed by atoms with Crippen molar-refractivity contribution in [2.45, 2.75) is 53.5 Å². The highest BCUT2D eigenvalue weighted by molar-refractivity contribution is 5.43. The number of nitrogens with one attached hydrogen (secondary N) is 1. The fourth-order valence-electron chi connectivity index (χ4n) is 3.62. The van der Waals surface area contributed by atoms with Crippen LogP contribution in [0.3, 0.4) is 0 Å². The molecule has 0 saturated carbocycles. The average molecular weight is 424 g/mol. The van der Waals surface area contributed by atoms with Gasteiger partial charge in [-0.15, -0.1) is 0 Å². The third-order valence-electron chi connectivity index (χ3n) is 5.72. The highest BCUT2D eigenvalue weighted by Crippen LogP contribution is 2.27. The lowest BCUT2D eigenvalue weighted by molar-refractivity contribution is 0.354. The molecule has 3 aromatic rings. The Morgan fingerprint density at radius 3 is 2.39 bits per heavy atom. The van der Waals surface area contributed by atoms with E-state index < -0.39 is 0 Å². The minimum absolute atomic E-state index is 0.227. The highest BCUT2D eigenvalue weighted by atomic mass is 16.5. The topological polar surface area (TPSA) is 74.1 Å². The minimum atomic E-state index is 0.227. The summed E-state index contributed by atoms with van der Waals surface area (Å²) >= 11 is 0. The number of aromatic nitrogens is 4. The number of nitrogens with zero attached hydrogens (tertiary/aromatic N) is 4. The highest BCUT2D eigenvalue weighted by Gasteiger charge is 2.15. The molecule has 0 aliphatic carbocycles. The van der Waals surface area contributed by atoms with E-state index in [-0.39, 0.29) is 5.92 Å². The number of hydrogen-bond acceptors (Lipinski definition) is 6. The zero-order valence-corrected chi connectivity index (χ0v) is 19.6. The monoisotopic (exact) mass is 423 g/mol. The van der Waals surface area contributed by atoms with Crippen molar-refractivity contribution < 1.29 is 9.47 Å². The fraction of sp³-hybridized carbons (Fsp3) is 0.458. The molecular formula is C24H33N5O2. The zero-order chi connectivity index (χ0) is 22.5. The summed E-state index contributed by atoms with van der Waals surface area (Å²) in [5, 5.41) is 8.11. The molecule has 0 spiro atoms. The van der Waals surface area contributed by atoms with Crippen LogP contribution in [0.4, 0.5) is 5.82 Å². The van der Waals surface area contributed by atoms with E-state index in [4.69, 9.17) is 9.47 Å². The molecule has 2 aromatic heterocycles. The van der Waals surface area contributed by atoms with Crippen LogP contribution in [0, 0.1) is 27.7 Å². The van der Waals surface area contributed by atoms with Gasteiger partial charge in [-0.05, 0) is 57.4 Å². The Kier molecular flexibility index (Phi) is 7.15. The predicted molar refractivity (Wildman–Crippen MR) is 123 cm³/mol. The zero-order valence-electron chi connectivity index (χ0n) is 19.6. The summed E-state index contributed by atoms with van der Waals surface area (Å²) in [6, 6.07) is 8.04. The molecule has 3 rings (SSSR count). The van der Waals surface area contributed by atoms with E-state index in [1.54, 1.807) is 14.2 Å². The second-order valence-electron chi connectivity index (χ2n) is 7.97. The SMILES string of the molecule is COc1ccc(CCNc2cc(C(C)Cn3nc(C)c(C)c3C)nc(C)n2)cc1OC. The number of hydrogen-bond donors (Lipinski definition) is 1. The van der Waals surface area contributed by atoms with Crippen molar-refractivity contribution in [1.82, 2.24) is 19.7 Å². The Morgan fingerprint density at radius 2 is 1.74 bits per heavy atom. The van der Waals surface area contributed by atoms with Crippen LogP contribution in [0.25, 0.3) is 0 Å². The van der Waals surface area contributed by atoms with Gasteiger partial charge in [-0.1, -0.05) is 13.0 Å². The molecule has 1 aromatic carbocycles. The number of methoxy groups -OCH3 is 2. The van der Waals surface area contributed by atoms with E-state index in [0.717, 1.165) is 54.0 Å². The van der Waals surface area contributed by atoms with Crippen LogP contribution in [0.2, 0.25) is 0 Å². The standard InChI is InChI=1S/C24H33N5O2/c1-15(14-29-18(4)16(2)17(3)28-29)21-13-24(27-19(5)26-21)25-11-10-20-8-9-22(30-6)23(12-20)31-7/h8-9,12-13,15H,10-11,14H2,1-7H3,(H,25,26,27). The fourth-order valence-corrected chi connectivity index (χ4v) is 3.62. The second-order valence-corrected chi connectivity index (χ2v) is 7.97. The second kappa shape index (κ2) is 9.81. The van der Waals surface area contributed by atoms with E-state index in [0.29, 0.717) is 0 Å². The van der Waals surface area contributed by atoms with Gasteiger partial charge >= 0.3 is 0 Å². The van der Waals surface area contributed by atoms with Gasteiger partial charge in [-0.2, -0.15) is 5.10 Å². The van der Waals surface area contributed by atoms with E-state index >= 15 is 0 Å². The summed E-state index contributed by atoms with van der Waals surface area (Å²) in [5.41, 5.74) is 5.74. The van der Waals surface area contributed by atoms with Crippen LogP contribution < -0.4 is 14.8 Å². The van der Waals surface area contributed by atoms with Crippen molar-refractivity contribution in [2.75, 3.05) is 26.1 Å². The van der Waals surface area contributed by atoms with Crippen molar-refractivity contribution in [3.8, 4) is 11.5 Å². The van der Waals surface area contributed by atoms with E-state index in [9.17, 15) is 0 Å². The molecule has 0 aliphatic heterocycles. The lowest BCUT2D eigenvalue weighted by atomic mass is 10.1. The molecule has 166 valence electrons.